The molecule has 2 rings (SSSR count). The van der Waals surface area contributed by atoms with Crippen LogP contribution in [-0.2, 0) is 0 Å². The van der Waals surface area contributed by atoms with Crippen molar-refractivity contribution >= 4 is 17.9 Å². The minimum Gasteiger partial charge on any atom is -0.465 e. The number of hydrogen-bond donors (Lipinski definition) is 2. The zero-order chi connectivity index (χ0) is 16.1. The molecule has 2 N–H and O–H groups in total. The number of nitrogens with one attached hydrogen (secondary N) is 1. The van der Waals surface area contributed by atoms with Crippen molar-refractivity contribution < 1.29 is 24.4 Å². The molecule has 0 bridgehead atoms. The minimum atomic E-state index is -1.57. The van der Waals surface area contributed by atoms with Crippen LogP contribution in [0.15, 0.2) is 36.5 Å². The average Bonchev–Trinajstić information content (AvgIpc) is 2.46. The summed E-state index contributed by atoms with van der Waals surface area (Å²) in [6, 6.07) is 6.70. The molecule has 1 heterocycles. The van der Waals surface area contributed by atoms with E-state index in [0.717, 1.165) is 0 Å². The van der Waals surface area contributed by atoms with Crippen molar-refractivity contribution in [1.82, 2.24) is 15.3 Å². The third-order valence-corrected chi connectivity index (χ3v) is 2.40. The van der Waals surface area contributed by atoms with Crippen LogP contribution >= 0.6 is 0 Å². The van der Waals surface area contributed by atoms with Gasteiger partial charge in [0.1, 0.15) is 0 Å². The monoisotopic (exact) mass is 304 g/mol. The quantitative estimate of drug-likeness (QED) is 0.645. The molecule has 0 unspecified atom stereocenters. The van der Waals surface area contributed by atoms with Gasteiger partial charge in [-0.25, -0.2) is 19.9 Å². The van der Waals surface area contributed by atoms with Gasteiger partial charge in [0.15, 0.2) is 0 Å². The van der Waals surface area contributed by atoms with Crippen molar-refractivity contribution in [3.63, 3.8) is 0 Å². The van der Waals surface area contributed by atoms with E-state index in [-0.39, 0.29) is 11.7 Å². The van der Waals surface area contributed by atoms with Crippen LogP contribution in [0.1, 0.15) is 0 Å². The van der Waals surface area contributed by atoms with Crippen molar-refractivity contribution in [3.8, 4) is 17.3 Å². The Labute approximate surface area is 122 Å². The molecule has 1 aromatic carbocycles. The Morgan fingerprint density at radius 1 is 1.23 bits per heavy atom. The Kier molecular flexibility index (Phi) is 4.22. The molecule has 0 fully saturated rings. The number of benzene rings is 1. The molecule has 0 saturated carbocycles. The maximum Gasteiger partial charge on any atom is 0.424 e. The molecule has 10 nitrogen and oxygen atoms in total. The Morgan fingerprint density at radius 2 is 1.91 bits per heavy atom. The smallest absolute Gasteiger partial charge is 0.424 e. The molecule has 22 heavy (non-hydrogen) atoms. The summed E-state index contributed by atoms with van der Waals surface area (Å²) in [4.78, 5) is 39.0. The zero-order valence-corrected chi connectivity index (χ0v) is 10.8. The number of carboxylic acid groups (broad SMARTS) is 1. The lowest BCUT2D eigenvalue weighted by atomic mass is 10.1. The van der Waals surface area contributed by atoms with Gasteiger partial charge in [-0.2, -0.15) is 4.98 Å². The number of nitro benzene ring substituents is 1. The second-order valence-electron chi connectivity index (χ2n) is 3.85. The fourth-order valence-electron chi connectivity index (χ4n) is 1.50. The minimum absolute atomic E-state index is 0.0740. The van der Waals surface area contributed by atoms with E-state index in [1.165, 1.54) is 41.8 Å². The van der Waals surface area contributed by atoms with Gasteiger partial charge in [0.05, 0.1) is 10.6 Å². The number of nitro groups is 1. The van der Waals surface area contributed by atoms with Crippen LogP contribution in [0.25, 0.3) is 11.3 Å². The fourth-order valence-corrected chi connectivity index (χ4v) is 1.50. The zero-order valence-electron chi connectivity index (χ0n) is 10.8. The van der Waals surface area contributed by atoms with Crippen molar-refractivity contribution in [2.75, 3.05) is 0 Å². The number of aromatic nitrogens is 2. The second kappa shape index (κ2) is 6.26. The van der Waals surface area contributed by atoms with Crippen molar-refractivity contribution in [2.24, 2.45) is 0 Å². The first-order valence-corrected chi connectivity index (χ1v) is 5.75. The van der Waals surface area contributed by atoms with Gasteiger partial charge in [0, 0.05) is 23.9 Å². The second-order valence-corrected chi connectivity index (χ2v) is 3.85. The summed E-state index contributed by atoms with van der Waals surface area (Å²) in [5.74, 6) is 0. The highest BCUT2D eigenvalue weighted by atomic mass is 16.6. The van der Waals surface area contributed by atoms with Gasteiger partial charge < -0.3 is 9.84 Å². The summed E-state index contributed by atoms with van der Waals surface area (Å²) in [5, 5.41) is 20.4. The molecule has 0 aliphatic rings. The number of amides is 2. The molecule has 1 aromatic heterocycles. The molecule has 2 aromatic rings. The molecule has 10 heteroatoms. The maximum absolute atomic E-state index is 11.1. The van der Waals surface area contributed by atoms with Crippen LogP contribution < -0.4 is 10.1 Å². The summed E-state index contributed by atoms with van der Waals surface area (Å²) < 4.78 is 4.59. The Morgan fingerprint density at radius 3 is 2.50 bits per heavy atom. The molecule has 0 saturated heterocycles. The molecular weight excluding hydrogens is 296 g/mol. The Bertz CT molecular complexity index is 731. The molecule has 112 valence electrons. The number of ether oxygens (including phenoxy) is 1. The largest absolute Gasteiger partial charge is 0.465 e. The first kappa shape index (κ1) is 14.8. The van der Waals surface area contributed by atoms with Crippen molar-refractivity contribution in [1.29, 1.82) is 0 Å². The predicted octanol–water partition coefficient (Wildman–Crippen LogP) is 1.82. The lowest BCUT2D eigenvalue weighted by Crippen LogP contribution is -2.31. The van der Waals surface area contributed by atoms with Crippen LogP contribution in [0.3, 0.4) is 0 Å². The molecule has 0 atom stereocenters. The van der Waals surface area contributed by atoms with E-state index in [2.05, 4.69) is 14.7 Å². The number of carbonyl (C=O) groups is 2. The van der Waals surface area contributed by atoms with E-state index in [1.54, 1.807) is 0 Å². The van der Waals surface area contributed by atoms with Gasteiger partial charge in [0.25, 0.3) is 5.69 Å². The predicted molar refractivity (Wildman–Crippen MR) is 71.3 cm³/mol. The van der Waals surface area contributed by atoms with E-state index >= 15 is 0 Å². The Hall–Kier alpha value is -3.56. The molecule has 0 radical (unpaired) electrons. The number of imide groups is 1. The van der Waals surface area contributed by atoms with Gasteiger partial charge in [-0.05, 0) is 18.2 Å². The van der Waals surface area contributed by atoms with Crippen LogP contribution in [0, 0.1) is 10.1 Å². The van der Waals surface area contributed by atoms with E-state index in [9.17, 15) is 19.7 Å². The first-order valence-electron chi connectivity index (χ1n) is 5.75. The lowest BCUT2D eigenvalue weighted by Gasteiger charge is -2.04. The lowest BCUT2D eigenvalue weighted by molar-refractivity contribution is -0.384. The average molecular weight is 304 g/mol. The van der Waals surface area contributed by atoms with Crippen LogP contribution in [-0.4, -0.2) is 32.2 Å². The van der Waals surface area contributed by atoms with Gasteiger partial charge in [-0.1, -0.05) is 0 Å². The van der Waals surface area contributed by atoms with E-state index in [0.29, 0.717) is 11.3 Å². The summed E-state index contributed by atoms with van der Waals surface area (Å²) in [5.41, 5.74) is 0.814. The van der Waals surface area contributed by atoms with Gasteiger partial charge in [0.2, 0.25) is 0 Å². The van der Waals surface area contributed by atoms with Crippen LogP contribution in [0.4, 0.5) is 15.3 Å². The molecular formula is C12H8N4O6. The normalized spacial score (nSPS) is 9.82. The summed E-state index contributed by atoms with van der Waals surface area (Å²) in [6.07, 6.45) is -1.52. The van der Waals surface area contributed by atoms with Gasteiger partial charge in [-0.3, -0.25) is 10.1 Å². The highest BCUT2D eigenvalue weighted by Gasteiger charge is 2.12. The number of hydrogen-bond acceptors (Lipinski definition) is 7. The first-order chi connectivity index (χ1) is 10.5. The molecule has 0 aliphatic heterocycles. The van der Waals surface area contributed by atoms with Crippen molar-refractivity contribution in [3.05, 3.63) is 46.6 Å². The summed E-state index contributed by atoms with van der Waals surface area (Å²) in [6.45, 7) is 0. The number of nitrogens with zero attached hydrogens (tertiary/aromatic N) is 3. The maximum atomic E-state index is 11.1. The third-order valence-electron chi connectivity index (χ3n) is 2.40. The van der Waals surface area contributed by atoms with Crippen molar-refractivity contribution in [2.45, 2.75) is 0 Å². The topological polar surface area (TPSA) is 145 Å². The van der Waals surface area contributed by atoms with Crippen LogP contribution in [0.5, 0.6) is 6.01 Å². The standard InChI is InChI=1S/C12H8N4O6/c17-11(18)15-12(19)22-10-13-6-5-9(14-10)7-1-3-8(4-2-7)16(20)21/h1-6H,(H,15,19)(H,17,18). The molecule has 0 spiro atoms. The van der Waals surface area contributed by atoms with Gasteiger partial charge in [-0.15, -0.1) is 0 Å². The van der Waals surface area contributed by atoms with E-state index in [4.69, 9.17) is 5.11 Å². The number of rotatable bonds is 3. The third kappa shape index (κ3) is 3.72. The summed E-state index contributed by atoms with van der Waals surface area (Å²) >= 11 is 0. The van der Waals surface area contributed by atoms with E-state index in [1.807, 2.05) is 0 Å². The van der Waals surface area contributed by atoms with E-state index < -0.39 is 17.1 Å². The fraction of sp³-hybridized carbons (Fsp3) is 0. The highest BCUT2D eigenvalue weighted by Crippen LogP contribution is 2.21. The van der Waals surface area contributed by atoms with Gasteiger partial charge >= 0.3 is 18.2 Å². The molecule has 0 aliphatic carbocycles. The Balaban J connectivity index is 2.19. The SMILES string of the molecule is O=C(O)NC(=O)Oc1nccc(-c2ccc([N+](=O)[O-])cc2)n1. The van der Waals surface area contributed by atoms with Crippen LogP contribution in [0.2, 0.25) is 0 Å². The molecule has 2 amide bonds. The summed E-state index contributed by atoms with van der Waals surface area (Å²) in [7, 11) is 0. The number of non-ortho nitro benzene ring substituents is 1. The highest BCUT2D eigenvalue weighted by molar-refractivity contribution is 5.87. The number of carbonyl (C=O) groups excluding carboxylic acids is 1.